The van der Waals surface area contributed by atoms with Crippen molar-refractivity contribution in [3.8, 4) is 0 Å². The van der Waals surface area contributed by atoms with E-state index in [1.165, 1.54) is 0 Å². The minimum Gasteiger partial charge on any atom is -0.480 e. The molecule has 0 fully saturated rings. The topological polar surface area (TPSA) is 75.3 Å². The van der Waals surface area contributed by atoms with E-state index in [1.54, 1.807) is 19.1 Å². The average molecular weight is 236 g/mol. The molecule has 1 rings (SSSR count). The van der Waals surface area contributed by atoms with Gasteiger partial charge >= 0.3 is 5.97 Å². The highest BCUT2D eigenvalue weighted by atomic mass is 16.4. The second kappa shape index (κ2) is 4.47. The van der Waals surface area contributed by atoms with Crippen molar-refractivity contribution < 1.29 is 9.90 Å². The Hall–Kier alpha value is -1.39. The van der Waals surface area contributed by atoms with Crippen LogP contribution in [0.25, 0.3) is 0 Å². The lowest BCUT2D eigenvalue weighted by Crippen LogP contribution is -2.50. The molecule has 1 unspecified atom stereocenters. The summed E-state index contributed by atoms with van der Waals surface area (Å²) in [6.45, 7) is 7.88. The van der Waals surface area contributed by atoms with Crippen molar-refractivity contribution in [3.05, 3.63) is 35.4 Å². The van der Waals surface area contributed by atoms with Gasteiger partial charge in [-0.1, -0.05) is 45.0 Å². The maximum atomic E-state index is 11.2. The Balaban J connectivity index is 3.14. The van der Waals surface area contributed by atoms with Gasteiger partial charge < -0.3 is 5.11 Å². The van der Waals surface area contributed by atoms with Crippen LogP contribution < -0.4 is 11.3 Å². The number of hydrazine groups is 1. The molecular weight excluding hydrogens is 216 g/mol. The van der Waals surface area contributed by atoms with Gasteiger partial charge in [-0.2, -0.15) is 0 Å². The van der Waals surface area contributed by atoms with Crippen molar-refractivity contribution >= 4 is 5.97 Å². The van der Waals surface area contributed by atoms with Gasteiger partial charge in [0.2, 0.25) is 0 Å². The molecule has 0 aromatic heterocycles. The second-order valence-electron chi connectivity index (χ2n) is 5.40. The van der Waals surface area contributed by atoms with E-state index in [0.29, 0.717) is 5.56 Å². The van der Waals surface area contributed by atoms with E-state index in [4.69, 9.17) is 5.84 Å². The third-order valence-corrected chi connectivity index (χ3v) is 3.04. The predicted octanol–water partition coefficient (Wildman–Crippen LogP) is 1.75. The molecule has 1 aromatic carbocycles. The summed E-state index contributed by atoms with van der Waals surface area (Å²) in [6, 6.07) is 7.48. The van der Waals surface area contributed by atoms with Gasteiger partial charge in [-0.15, -0.1) is 0 Å². The van der Waals surface area contributed by atoms with E-state index in [2.05, 4.69) is 26.2 Å². The average Bonchev–Trinajstić information content (AvgIpc) is 2.26. The third-order valence-electron chi connectivity index (χ3n) is 3.04. The molecule has 0 amide bonds. The van der Waals surface area contributed by atoms with E-state index in [9.17, 15) is 9.90 Å². The minimum atomic E-state index is -1.25. The van der Waals surface area contributed by atoms with Crippen LogP contribution in [-0.4, -0.2) is 11.1 Å². The monoisotopic (exact) mass is 236 g/mol. The zero-order valence-electron chi connectivity index (χ0n) is 10.7. The summed E-state index contributed by atoms with van der Waals surface area (Å²) >= 11 is 0. The summed E-state index contributed by atoms with van der Waals surface area (Å²) in [6.07, 6.45) is 0. The number of benzene rings is 1. The van der Waals surface area contributed by atoms with Crippen molar-refractivity contribution in [1.29, 1.82) is 0 Å². The number of aliphatic carboxylic acids is 1. The zero-order chi connectivity index (χ0) is 13.3. The van der Waals surface area contributed by atoms with Crippen LogP contribution in [0.2, 0.25) is 0 Å². The molecule has 0 heterocycles. The molecule has 0 bridgehead atoms. The number of carbonyl (C=O) groups is 1. The maximum absolute atomic E-state index is 11.2. The van der Waals surface area contributed by atoms with E-state index < -0.39 is 11.5 Å². The molecule has 1 atom stereocenters. The number of hydrogen-bond acceptors (Lipinski definition) is 3. The van der Waals surface area contributed by atoms with Crippen molar-refractivity contribution in [3.63, 3.8) is 0 Å². The van der Waals surface area contributed by atoms with Crippen LogP contribution in [0.3, 0.4) is 0 Å². The molecule has 0 spiro atoms. The van der Waals surface area contributed by atoms with Gasteiger partial charge in [0.15, 0.2) is 5.54 Å². The first-order chi connectivity index (χ1) is 7.71. The van der Waals surface area contributed by atoms with Crippen LogP contribution in [0.15, 0.2) is 24.3 Å². The van der Waals surface area contributed by atoms with Crippen molar-refractivity contribution in [1.82, 2.24) is 5.43 Å². The molecule has 0 saturated carbocycles. The fraction of sp³-hybridized carbons (Fsp3) is 0.462. The maximum Gasteiger partial charge on any atom is 0.329 e. The van der Waals surface area contributed by atoms with Gasteiger partial charge in [-0.3, -0.25) is 5.84 Å². The van der Waals surface area contributed by atoms with Gasteiger partial charge in [0.25, 0.3) is 0 Å². The van der Waals surface area contributed by atoms with Gasteiger partial charge in [0, 0.05) is 0 Å². The Bertz CT molecular complexity index is 406. The van der Waals surface area contributed by atoms with Crippen molar-refractivity contribution in [2.24, 2.45) is 5.84 Å². The fourth-order valence-corrected chi connectivity index (χ4v) is 1.57. The van der Waals surface area contributed by atoms with Gasteiger partial charge in [0.1, 0.15) is 0 Å². The first-order valence-electron chi connectivity index (χ1n) is 5.54. The fourth-order valence-electron chi connectivity index (χ4n) is 1.57. The zero-order valence-corrected chi connectivity index (χ0v) is 10.7. The Morgan fingerprint density at radius 2 is 1.53 bits per heavy atom. The lowest BCUT2D eigenvalue weighted by Gasteiger charge is -2.26. The van der Waals surface area contributed by atoms with Crippen LogP contribution in [0, 0.1) is 0 Å². The number of hydrogen-bond donors (Lipinski definition) is 3. The third kappa shape index (κ3) is 2.65. The summed E-state index contributed by atoms with van der Waals surface area (Å²) in [5, 5.41) is 9.17. The predicted molar refractivity (Wildman–Crippen MR) is 67.5 cm³/mol. The SMILES string of the molecule is CC(C)(C)c1ccc(C(C)(NN)C(=O)O)cc1. The second-order valence-corrected chi connectivity index (χ2v) is 5.40. The van der Waals surface area contributed by atoms with Crippen LogP contribution in [-0.2, 0) is 15.7 Å². The van der Waals surface area contributed by atoms with E-state index in [1.807, 2.05) is 12.1 Å². The van der Waals surface area contributed by atoms with Crippen molar-refractivity contribution in [2.75, 3.05) is 0 Å². The minimum absolute atomic E-state index is 0.0499. The largest absolute Gasteiger partial charge is 0.480 e. The number of nitrogens with one attached hydrogen (secondary N) is 1. The molecule has 0 radical (unpaired) electrons. The van der Waals surface area contributed by atoms with E-state index in [0.717, 1.165) is 5.56 Å². The summed E-state index contributed by atoms with van der Waals surface area (Å²) in [5.74, 6) is 4.34. The Morgan fingerprint density at radius 1 is 1.12 bits per heavy atom. The van der Waals surface area contributed by atoms with Gasteiger partial charge in [0.05, 0.1) is 0 Å². The highest BCUT2D eigenvalue weighted by molar-refractivity contribution is 5.80. The smallest absolute Gasteiger partial charge is 0.329 e. The Kier molecular flexibility index (Phi) is 3.59. The molecule has 4 heteroatoms. The summed E-state index contributed by atoms with van der Waals surface area (Å²) < 4.78 is 0. The summed E-state index contributed by atoms with van der Waals surface area (Å²) in [7, 11) is 0. The van der Waals surface area contributed by atoms with Crippen LogP contribution in [0.4, 0.5) is 0 Å². The number of rotatable bonds is 3. The molecule has 94 valence electrons. The molecule has 1 aromatic rings. The quantitative estimate of drug-likeness (QED) is 0.552. The van der Waals surface area contributed by atoms with Gasteiger partial charge in [-0.05, 0) is 23.5 Å². The Morgan fingerprint density at radius 3 is 1.82 bits per heavy atom. The van der Waals surface area contributed by atoms with Crippen molar-refractivity contribution in [2.45, 2.75) is 38.6 Å². The number of carboxylic acids is 1. The van der Waals surface area contributed by atoms with Gasteiger partial charge in [-0.25, -0.2) is 10.2 Å². The molecule has 0 aliphatic rings. The molecule has 0 aliphatic carbocycles. The molecular formula is C13H20N2O2. The van der Waals surface area contributed by atoms with Crippen LogP contribution in [0.1, 0.15) is 38.8 Å². The highest BCUT2D eigenvalue weighted by Gasteiger charge is 2.34. The molecule has 4 nitrogen and oxygen atoms in total. The van der Waals surface area contributed by atoms with Crippen LogP contribution >= 0.6 is 0 Å². The first-order valence-corrected chi connectivity index (χ1v) is 5.54. The lowest BCUT2D eigenvalue weighted by atomic mass is 9.84. The standard InChI is InChI=1S/C13H20N2O2/c1-12(2,3)9-5-7-10(8-6-9)13(4,15-14)11(16)17/h5-8,15H,14H2,1-4H3,(H,16,17). The number of nitrogens with two attached hydrogens (primary N) is 1. The van der Waals surface area contributed by atoms with E-state index >= 15 is 0 Å². The molecule has 0 saturated heterocycles. The molecule has 4 N–H and O–H groups in total. The Labute approximate surface area is 102 Å². The summed E-state index contributed by atoms with van der Waals surface area (Å²) in [4.78, 5) is 11.2. The normalized spacial score (nSPS) is 15.4. The molecule has 17 heavy (non-hydrogen) atoms. The summed E-state index contributed by atoms with van der Waals surface area (Å²) in [5.41, 5.74) is 2.95. The molecule has 0 aliphatic heterocycles. The highest BCUT2D eigenvalue weighted by Crippen LogP contribution is 2.26. The number of carboxylic acid groups (broad SMARTS) is 1. The van der Waals surface area contributed by atoms with E-state index in [-0.39, 0.29) is 5.41 Å². The van der Waals surface area contributed by atoms with Crippen LogP contribution in [0.5, 0.6) is 0 Å². The lowest BCUT2D eigenvalue weighted by molar-refractivity contribution is -0.144. The first kappa shape index (κ1) is 13.7.